The van der Waals surface area contributed by atoms with E-state index >= 15 is 0 Å². The van der Waals surface area contributed by atoms with Crippen molar-refractivity contribution in [1.82, 2.24) is 19.7 Å². The van der Waals surface area contributed by atoms with E-state index in [2.05, 4.69) is 35.9 Å². The molecule has 1 saturated heterocycles. The fourth-order valence-corrected chi connectivity index (χ4v) is 5.08. The Hall–Kier alpha value is -2.38. The summed E-state index contributed by atoms with van der Waals surface area (Å²) in [6.07, 6.45) is 3.41. The highest BCUT2D eigenvalue weighted by Gasteiger charge is 2.45. The third kappa shape index (κ3) is 5.10. The summed E-state index contributed by atoms with van der Waals surface area (Å²) in [6, 6.07) is 4.20. The molecule has 0 bridgehead atoms. The fraction of sp³-hybridized carbons (Fsp3) is 0.619. The van der Waals surface area contributed by atoms with Gasteiger partial charge < -0.3 is 15.5 Å². The molecule has 2 fully saturated rings. The molecule has 7 nitrogen and oxygen atoms in total. The Balaban J connectivity index is 1.40. The van der Waals surface area contributed by atoms with Crippen molar-refractivity contribution < 1.29 is 8.78 Å². The molecule has 3 heterocycles. The Kier molecular flexibility index (Phi) is 6.08. The second-order valence-corrected chi connectivity index (χ2v) is 9.63. The molecule has 1 aliphatic carbocycles. The molecule has 1 aliphatic heterocycles. The summed E-state index contributed by atoms with van der Waals surface area (Å²) < 4.78 is 31.7. The zero-order chi connectivity index (χ0) is 22.1. The summed E-state index contributed by atoms with van der Waals surface area (Å²) in [5.74, 6) is -1.29. The number of nitrogens with one attached hydrogen (secondary N) is 2. The normalized spacial score (nSPS) is 21.9. The minimum atomic E-state index is -2.56. The molecule has 2 N–H and O–H groups in total. The van der Waals surface area contributed by atoms with Crippen molar-refractivity contribution in [2.75, 3.05) is 29.9 Å². The van der Waals surface area contributed by atoms with E-state index in [1.807, 2.05) is 19.9 Å². The number of anilines is 3. The Morgan fingerprint density at radius 2 is 2.16 bits per heavy atom. The maximum absolute atomic E-state index is 13.7. The van der Waals surface area contributed by atoms with Gasteiger partial charge in [-0.25, -0.2) is 13.8 Å². The SMILES string of the molecule is Cc1cc(Nc2ncc(C)c(N3CC(CC#N)(NC[C@@H]4CCCC(F)(F)C4)C3)n2)sn1. The topological polar surface area (TPSA) is 89.8 Å². The van der Waals surface area contributed by atoms with Gasteiger partial charge in [0.2, 0.25) is 11.9 Å². The third-order valence-corrected chi connectivity index (χ3v) is 6.82. The van der Waals surface area contributed by atoms with Crippen LogP contribution in [0.1, 0.15) is 43.4 Å². The van der Waals surface area contributed by atoms with Gasteiger partial charge in [0.05, 0.1) is 23.7 Å². The number of halogens is 2. The summed E-state index contributed by atoms with van der Waals surface area (Å²) in [4.78, 5) is 11.1. The molecule has 0 radical (unpaired) electrons. The molecule has 2 aromatic heterocycles. The van der Waals surface area contributed by atoms with Crippen molar-refractivity contribution in [2.24, 2.45) is 5.92 Å². The van der Waals surface area contributed by atoms with E-state index < -0.39 is 5.92 Å². The van der Waals surface area contributed by atoms with Crippen LogP contribution < -0.4 is 15.5 Å². The van der Waals surface area contributed by atoms with Crippen LogP contribution in [0.4, 0.5) is 25.5 Å². The minimum absolute atomic E-state index is 0.00885. The first-order valence-electron chi connectivity index (χ1n) is 10.6. The lowest BCUT2D eigenvalue weighted by atomic mass is 9.83. The van der Waals surface area contributed by atoms with Crippen LogP contribution >= 0.6 is 11.5 Å². The number of nitriles is 1. The molecule has 0 aromatic carbocycles. The predicted octanol–water partition coefficient (Wildman–Crippen LogP) is 4.18. The lowest BCUT2D eigenvalue weighted by Crippen LogP contribution is -2.70. The minimum Gasteiger partial charge on any atom is -0.352 e. The van der Waals surface area contributed by atoms with Crippen LogP contribution in [0, 0.1) is 31.1 Å². The molecule has 31 heavy (non-hydrogen) atoms. The van der Waals surface area contributed by atoms with Crippen molar-refractivity contribution >= 4 is 28.3 Å². The van der Waals surface area contributed by atoms with Crippen LogP contribution in [0.2, 0.25) is 0 Å². The predicted molar refractivity (Wildman–Crippen MR) is 117 cm³/mol. The molecule has 1 atom stereocenters. The van der Waals surface area contributed by atoms with Crippen molar-refractivity contribution in [3.05, 3.63) is 23.5 Å². The molecular weight excluding hydrogens is 420 g/mol. The molecule has 0 amide bonds. The van der Waals surface area contributed by atoms with Crippen LogP contribution in [0.15, 0.2) is 12.3 Å². The Morgan fingerprint density at radius 3 is 2.84 bits per heavy atom. The molecular formula is C21H27F2N7S. The second-order valence-electron chi connectivity index (χ2n) is 8.83. The lowest BCUT2D eigenvalue weighted by molar-refractivity contribution is -0.0531. The summed E-state index contributed by atoms with van der Waals surface area (Å²) in [7, 11) is 0. The molecule has 4 rings (SSSR count). The first-order chi connectivity index (χ1) is 14.8. The van der Waals surface area contributed by atoms with Crippen molar-refractivity contribution in [2.45, 2.75) is 57.4 Å². The average molecular weight is 448 g/mol. The number of aromatic nitrogens is 3. The zero-order valence-corrected chi connectivity index (χ0v) is 18.6. The summed E-state index contributed by atoms with van der Waals surface area (Å²) in [5.41, 5.74) is 1.50. The van der Waals surface area contributed by atoms with E-state index in [1.54, 1.807) is 6.20 Å². The molecule has 0 spiro atoms. The first-order valence-corrected chi connectivity index (χ1v) is 11.3. The van der Waals surface area contributed by atoms with Crippen molar-refractivity contribution in [3.63, 3.8) is 0 Å². The number of alkyl halides is 2. The molecule has 1 saturated carbocycles. The van der Waals surface area contributed by atoms with Crippen LogP contribution in [0.25, 0.3) is 0 Å². The highest BCUT2D eigenvalue weighted by Crippen LogP contribution is 2.37. The third-order valence-electron chi connectivity index (χ3n) is 6.02. The van der Waals surface area contributed by atoms with Crippen LogP contribution in [-0.4, -0.2) is 45.4 Å². The summed E-state index contributed by atoms with van der Waals surface area (Å²) in [6.45, 7) is 5.63. The maximum Gasteiger partial charge on any atom is 0.248 e. The van der Waals surface area contributed by atoms with Gasteiger partial charge in [0.15, 0.2) is 0 Å². The fourth-order valence-electron chi connectivity index (χ4n) is 4.43. The lowest BCUT2D eigenvalue weighted by Gasteiger charge is -2.51. The number of rotatable bonds is 7. The van der Waals surface area contributed by atoms with E-state index in [1.165, 1.54) is 11.5 Å². The number of aryl methyl sites for hydroxylation is 2. The van der Waals surface area contributed by atoms with E-state index in [0.717, 1.165) is 28.5 Å². The monoisotopic (exact) mass is 447 g/mol. The van der Waals surface area contributed by atoms with Gasteiger partial charge in [0.25, 0.3) is 0 Å². The van der Waals surface area contributed by atoms with Gasteiger partial charge in [-0.2, -0.15) is 14.6 Å². The van der Waals surface area contributed by atoms with E-state index in [9.17, 15) is 14.0 Å². The number of hydrogen-bond donors (Lipinski definition) is 2. The Labute approximate surface area is 185 Å². The van der Waals surface area contributed by atoms with E-state index in [-0.39, 0.29) is 24.3 Å². The molecule has 2 aromatic rings. The van der Waals surface area contributed by atoms with Gasteiger partial charge in [0, 0.05) is 37.7 Å². The van der Waals surface area contributed by atoms with E-state index in [4.69, 9.17) is 0 Å². The van der Waals surface area contributed by atoms with Gasteiger partial charge in [-0.15, -0.1) is 0 Å². The molecule has 2 aliphatic rings. The summed E-state index contributed by atoms with van der Waals surface area (Å²) >= 11 is 1.35. The average Bonchev–Trinajstić information content (AvgIpc) is 3.09. The van der Waals surface area contributed by atoms with Crippen molar-refractivity contribution in [1.29, 1.82) is 5.26 Å². The van der Waals surface area contributed by atoms with Gasteiger partial charge in [-0.05, 0) is 56.8 Å². The Morgan fingerprint density at radius 1 is 1.35 bits per heavy atom. The first kappa shape index (κ1) is 21.8. The number of hydrogen-bond acceptors (Lipinski definition) is 8. The van der Waals surface area contributed by atoms with Gasteiger partial charge >= 0.3 is 0 Å². The van der Waals surface area contributed by atoms with Gasteiger partial charge in [0.1, 0.15) is 10.8 Å². The molecule has 10 heteroatoms. The summed E-state index contributed by atoms with van der Waals surface area (Å²) in [5, 5.41) is 16.9. The van der Waals surface area contributed by atoms with Crippen LogP contribution in [0.5, 0.6) is 0 Å². The van der Waals surface area contributed by atoms with Crippen molar-refractivity contribution in [3.8, 4) is 6.07 Å². The second kappa shape index (κ2) is 8.63. The molecule has 0 unspecified atom stereocenters. The van der Waals surface area contributed by atoms with Crippen LogP contribution in [-0.2, 0) is 0 Å². The zero-order valence-electron chi connectivity index (χ0n) is 17.8. The maximum atomic E-state index is 13.7. The van der Waals surface area contributed by atoms with Gasteiger partial charge in [-0.3, -0.25) is 0 Å². The molecule has 166 valence electrons. The number of nitrogens with zero attached hydrogens (tertiary/aromatic N) is 5. The largest absolute Gasteiger partial charge is 0.352 e. The Bertz CT molecular complexity index is 965. The van der Waals surface area contributed by atoms with Gasteiger partial charge in [-0.1, -0.05) is 0 Å². The van der Waals surface area contributed by atoms with Crippen LogP contribution in [0.3, 0.4) is 0 Å². The quantitative estimate of drug-likeness (QED) is 0.658. The highest BCUT2D eigenvalue weighted by atomic mass is 32.1. The highest BCUT2D eigenvalue weighted by molar-refractivity contribution is 7.10. The van der Waals surface area contributed by atoms with E-state index in [0.29, 0.717) is 38.4 Å². The standard InChI is InChI=1S/C21H27F2N7S/c1-14-10-25-19(27-17-8-15(2)29-31-17)28-18(14)30-12-20(13-30,6-7-24)26-11-16-4-3-5-21(22,23)9-16/h8,10,16,26H,3-6,9,11-13H2,1-2H3,(H,25,27,28)/t16-/m1/s1. The smallest absolute Gasteiger partial charge is 0.248 e.